The molecule has 6 nitrogen and oxygen atoms in total. The summed E-state index contributed by atoms with van der Waals surface area (Å²) in [5, 5.41) is 1.35. The second-order valence-electron chi connectivity index (χ2n) is 4.76. The van der Waals surface area contributed by atoms with E-state index in [1.807, 2.05) is 35.9 Å². The van der Waals surface area contributed by atoms with Crippen LogP contribution in [-0.4, -0.2) is 35.0 Å². The van der Waals surface area contributed by atoms with E-state index in [0.717, 1.165) is 11.1 Å². The summed E-state index contributed by atoms with van der Waals surface area (Å²) in [4.78, 5) is 13.2. The van der Waals surface area contributed by atoms with Gasteiger partial charge in [0.25, 0.3) is 10.0 Å². The molecule has 7 heteroatoms. The van der Waals surface area contributed by atoms with Crippen LogP contribution in [0.15, 0.2) is 41.3 Å². The molecule has 0 aromatic heterocycles. The summed E-state index contributed by atoms with van der Waals surface area (Å²) >= 11 is 0. The summed E-state index contributed by atoms with van der Waals surface area (Å²) in [6.07, 6.45) is 0. The van der Waals surface area contributed by atoms with Crippen LogP contribution in [0.25, 0.3) is 10.8 Å². The van der Waals surface area contributed by atoms with E-state index in [-0.39, 0.29) is 11.4 Å². The normalized spacial score (nSPS) is 11.4. The van der Waals surface area contributed by atoms with Crippen LogP contribution in [0.5, 0.6) is 0 Å². The number of anilines is 1. The zero-order valence-corrected chi connectivity index (χ0v) is 12.6. The lowest BCUT2D eigenvalue weighted by Gasteiger charge is -2.17. The first kappa shape index (κ1) is 15.3. The monoisotopic (exact) mass is 307 g/mol. The van der Waals surface area contributed by atoms with Gasteiger partial charge in [0, 0.05) is 30.6 Å². The summed E-state index contributed by atoms with van der Waals surface area (Å²) in [6, 6.07) is 10.3. The lowest BCUT2D eigenvalue weighted by Crippen LogP contribution is -2.35. The molecule has 0 aliphatic carbocycles. The second kappa shape index (κ2) is 5.71. The topological polar surface area (TPSA) is 92.5 Å². The van der Waals surface area contributed by atoms with Gasteiger partial charge in [-0.25, -0.2) is 13.1 Å². The highest BCUT2D eigenvalue weighted by Gasteiger charge is 2.20. The molecule has 3 N–H and O–H groups in total. The fourth-order valence-electron chi connectivity index (χ4n) is 2.14. The molecule has 0 heterocycles. The van der Waals surface area contributed by atoms with Gasteiger partial charge in [0.15, 0.2) is 0 Å². The number of nitrogens with zero attached hydrogens (tertiary/aromatic N) is 1. The Labute approximate surface area is 123 Å². The SMILES string of the molecule is CN(C)c1cccc2c(S(=O)(=O)NC(=O)CN)cccc12. The quantitative estimate of drug-likeness (QED) is 0.866. The minimum absolute atomic E-state index is 0.0606. The van der Waals surface area contributed by atoms with Crippen LogP contribution < -0.4 is 15.4 Å². The molecule has 0 bridgehead atoms. The van der Waals surface area contributed by atoms with Crippen molar-refractivity contribution in [3.05, 3.63) is 36.4 Å². The molecular formula is C14H17N3O3S. The first-order chi connectivity index (χ1) is 9.86. The number of carbonyl (C=O) groups excluding carboxylic acids is 1. The van der Waals surface area contributed by atoms with E-state index in [2.05, 4.69) is 0 Å². The van der Waals surface area contributed by atoms with E-state index in [9.17, 15) is 13.2 Å². The van der Waals surface area contributed by atoms with Crippen LogP contribution in [0.1, 0.15) is 0 Å². The van der Waals surface area contributed by atoms with E-state index < -0.39 is 15.9 Å². The molecule has 0 saturated carbocycles. The first-order valence-electron chi connectivity index (χ1n) is 6.31. The third-order valence-electron chi connectivity index (χ3n) is 3.06. The third-order valence-corrected chi connectivity index (χ3v) is 4.50. The summed E-state index contributed by atoms with van der Waals surface area (Å²) in [5.41, 5.74) is 6.05. The predicted molar refractivity (Wildman–Crippen MR) is 82.7 cm³/mol. The Bertz CT molecular complexity index is 785. The maximum Gasteiger partial charge on any atom is 0.264 e. The molecule has 2 rings (SSSR count). The predicted octanol–water partition coefficient (Wildman–Crippen LogP) is 0.669. The Morgan fingerprint density at radius 1 is 1.14 bits per heavy atom. The number of rotatable bonds is 4. The van der Waals surface area contributed by atoms with Crippen molar-refractivity contribution in [2.45, 2.75) is 4.90 Å². The average Bonchev–Trinajstić information content (AvgIpc) is 2.45. The van der Waals surface area contributed by atoms with Gasteiger partial charge < -0.3 is 10.6 Å². The second-order valence-corrected chi connectivity index (χ2v) is 6.41. The number of hydrogen-bond donors (Lipinski definition) is 2. The van der Waals surface area contributed by atoms with Gasteiger partial charge in [-0.3, -0.25) is 4.79 Å². The van der Waals surface area contributed by atoms with Gasteiger partial charge in [0.2, 0.25) is 5.91 Å². The molecule has 0 radical (unpaired) electrons. The number of benzene rings is 2. The zero-order valence-electron chi connectivity index (χ0n) is 11.8. The molecule has 0 aliphatic heterocycles. The Balaban J connectivity index is 2.66. The van der Waals surface area contributed by atoms with Crippen LogP contribution in [-0.2, 0) is 14.8 Å². The maximum absolute atomic E-state index is 12.3. The Kier molecular flexibility index (Phi) is 4.15. The fourth-order valence-corrected chi connectivity index (χ4v) is 3.35. The van der Waals surface area contributed by atoms with Gasteiger partial charge in [0.05, 0.1) is 11.4 Å². The van der Waals surface area contributed by atoms with Crippen LogP contribution in [0.4, 0.5) is 5.69 Å². The van der Waals surface area contributed by atoms with Crippen molar-refractivity contribution < 1.29 is 13.2 Å². The van der Waals surface area contributed by atoms with Crippen molar-refractivity contribution in [3.8, 4) is 0 Å². The van der Waals surface area contributed by atoms with Crippen molar-refractivity contribution in [2.75, 3.05) is 25.5 Å². The molecule has 0 atom stereocenters. The van der Waals surface area contributed by atoms with Crippen molar-refractivity contribution in [3.63, 3.8) is 0 Å². The molecule has 0 saturated heterocycles. The lowest BCUT2D eigenvalue weighted by atomic mass is 10.1. The smallest absolute Gasteiger partial charge is 0.264 e. The van der Waals surface area contributed by atoms with Crippen LogP contribution in [0.2, 0.25) is 0 Å². The molecule has 112 valence electrons. The highest BCUT2D eigenvalue weighted by molar-refractivity contribution is 7.90. The molecule has 2 aromatic rings. The molecule has 0 fully saturated rings. The minimum Gasteiger partial charge on any atom is -0.377 e. The highest BCUT2D eigenvalue weighted by atomic mass is 32.2. The van der Waals surface area contributed by atoms with E-state index >= 15 is 0 Å². The van der Waals surface area contributed by atoms with E-state index in [1.165, 1.54) is 6.07 Å². The molecule has 0 aliphatic rings. The fraction of sp³-hybridized carbons (Fsp3) is 0.214. The third kappa shape index (κ3) is 2.98. The van der Waals surface area contributed by atoms with Crippen LogP contribution in [0.3, 0.4) is 0 Å². The van der Waals surface area contributed by atoms with E-state index in [1.54, 1.807) is 18.2 Å². The molecule has 0 spiro atoms. The largest absolute Gasteiger partial charge is 0.377 e. The van der Waals surface area contributed by atoms with Crippen molar-refractivity contribution in [1.29, 1.82) is 0 Å². The number of fused-ring (bicyclic) bond motifs is 1. The molecule has 0 unspecified atom stereocenters. The van der Waals surface area contributed by atoms with Gasteiger partial charge in [-0.1, -0.05) is 24.3 Å². The van der Waals surface area contributed by atoms with Crippen LogP contribution in [0, 0.1) is 0 Å². The summed E-state index contributed by atoms with van der Waals surface area (Å²) in [7, 11) is -0.177. The Morgan fingerprint density at radius 3 is 2.38 bits per heavy atom. The van der Waals surface area contributed by atoms with Crippen LogP contribution >= 0.6 is 0 Å². The molecule has 1 amide bonds. The standard InChI is InChI=1S/C14H17N3O3S/c1-17(2)12-7-3-6-11-10(12)5-4-8-13(11)21(19,20)16-14(18)9-15/h3-8H,9,15H2,1-2H3,(H,16,18). The summed E-state index contributed by atoms with van der Waals surface area (Å²) < 4.78 is 26.5. The summed E-state index contributed by atoms with van der Waals surface area (Å²) in [6.45, 7) is -0.382. The van der Waals surface area contributed by atoms with Crippen molar-refractivity contribution in [1.82, 2.24) is 4.72 Å². The molecular weight excluding hydrogens is 290 g/mol. The minimum atomic E-state index is -3.94. The van der Waals surface area contributed by atoms with Gasteiger partial charge in [0.1, 0.15) is 0 Å². The Morgan fingerprint density at radius 2 is 1.76 bits per heavy atom. The maximum atomic E-state index is 12.3. The molecule has 2 aromatic carbocycles. The number of amides is 1. The number of hydrogen-bond acceptors (Lipinski definition) is 5. The van der Waals surface area contributed by atoms with Gasteiger partial charge >= 0.3 is 0 Å². The number of nitrogens with one attached hydrogen (secondary N) is 1. The Hall–Kier alpha value is -2.12. The van der Waals surface area contributed by atoms with Gasteiger partial charge in [-0.05, 0) is 12.1 Å². The van der Waals surface area contributed by atoms with E-state index in [4.69, 9.17) is 5.73 Å². The highest BCUT2D eigenvalue weighted by Crippen LogP contribution is 2.29. The number of sulfonamides is 1. The number of nitrogens with two attached hydrogens (primary N) is 1. The average molecular weight is 307 g/mol. The van der Waals surface area contributed by atoms with Gasteiger partial charge in [-0.2, -0.15) is 0 Å². The zero-order chi connectivity index (χ0) is 15.6. The first-order valence-corrected chi connectivity index (χ1v) is 7.80. The summed E-state index contributed by atoms with van der Waals surface area (Å²) in [5.74, 6) is -0.740. The van der Waals surface area contributed by atoms with E-state index in [0.29, 0.717) is 5.39 Å². The van der Waals surface area contributed by atoms with Gasteiger partial charge in [-0.15, -0.1) is 0 Å². The van der Waals surface area contributed by atoms with Crippen molar-refractivity contribution in [2.24, 2.45) is 5.73 Å². The van der Waals surface area contributed by atoms with Crippen molar-refractivity contribution >= 4 is 32.4 Å². The number of carbonyl (C=O) groups is 1. The lowest BCUT2D eigenvalue weighted by molar-refractivity contribution is -0.118. The molecule has 21 heavy (non-hydrogen) atoms.